The molecule has 1 aliphatic rings. The number of nitrogens with zero attached hydrogens (tertiary/aromatic N) is 3. The Balaban J connectivity index is 1.94. The van der Waals surface area contributed by atoms with Gasteiger partial charge in [-0.15, -0.1) is 0 Å². The zero-order valence-corrected chi connectivity index (χ0v) is 13.6. The number of anilines is 2. The van der Waals surface area contributed by atoms with E-state index in [1.165, 1.54) is 12.8 Å². The Kier molecular flexibility index (Phi) is 5.36. The van der Waals surface area contributed by atoms with Gasteiger partial charge in [0.05, 0.1) is 0 Å². The number of nitrogens with one attached hydrogen (secondary N) is 2. The Morgan fingerprint density at radius 2 is 1.95 bits per heavy atom. The van der Waals surface area contributed by atoms with Crippen LogP contribution in [-0.4, -0.2) is 41.0 Å². The molecule has 0 amide bonds. The van der Waals surface area contributed by atoms with E-state index in [0.717, 1.165) is 42.5 Å². The van der Waals surface area contributed by atoms with Crippen LogP contribution in [0.1, 0.15) is 50.4 Å². The number of nitrogen functional groups attached to an aromatic ring is 1. The maximum Gasteiger partial charge on any atom is 0.148 e. The van der Waals surface area contributed by atoms with Crippen molar-refractivity contribution < 1.29 is 0 Å². The van der Waals surface area contributed by atoms with Crippen LogP contribution in [0.15, 0.2) is 0 Å². The van der Waals surface area contributed by atoms with Gasteiger partial charge in [-0.2, -0.15) is 0 Å². The highest BCUT2D eigenvalue weighted by Crippen LogP contribution is 2.39. The standard InChI is InChI=1S/C15H28N6/c1-10(2)21(4)9-5-8-17-13-11(3)14(20-16)19-15(18-13)12-6-7-12/h10,12H,5-9,16H2,1-4H3,(H2,17,18,19,20). The monoisotopic (exact) mass is 292 g/mol. The highest BCUT2D eigenvalue weighted by atomic mass is 15.3. The summed E-state index contributed by atoms with van der Waals surface area (Å²) >= 11 is 0. The molecule has 1 aliphatic carbocycles. The highest BCUT2D eigenvalue weighted by molar-refractivity contribution is 5.57. The summed E-state index contributed by atoms with van der Waals surface area (Å²) < 4.78 is 0. The number of rotatable bonds is 8. The molecule has 0 spiro atoms. The topological polar surface area (TPSA) is 79.1 Å². The van der Waals surface area contributed by atoms with Crippen molar-refractivity contribution in [3.05, 3.63) is 11.4 Å². The van der Waals surface area contributed by atoms with Crippen molar-refractivity contribution in [1.82, 2.24) is 14.9 Å². The molecule has 4 N–H and O–H groups in total. The van der Waals surface area contributed by atoms with Gasteiger partial charge in [-0.1, -0.05) is 0 Å². The lowest BCUT2D eigenvalue weighted by molar-refractivity contribution is 0.273. The van der Waals surface area contributed by atoms with Crippen molar-refractivity contribution in [3.8, 4) is 0 Å². The quantitative estimate of drug-likeness (QED) is 0.387. The molecule has 0 aromatic carbocycles. The first-order chi connectivity index (χ1) is 10.0. The molecule has 0 unspecified atom stereocenters. The molecule has 21 heavy (non-hydrogen) atoms. The van der Waals surface area contributed by atoms with E-state index in [4.69, 9.17) is 5.84 Å². The summed E-state index contributed by atoms with van der Waals surface area (Å²) in [5.74, 6) is 8.63. The summed E-state index contributed by atoms with van der Waals surface area (Å²) in [5, 5.41) is 3.43. The minimum atomic E-state index is 0.519. The SMILES string of the molecule is Cc1c(NN)nc(C2CC2)nc1NCCCN(C)C(C)C. The molecule has 6 nitrogen and oxygen atoms in total. The Bertz CT molecular complexity index is 469. The first-order valence-corrected chi connectivity index (χ1v) is 7.82. The molecular formula is C15H28N6. The third-order valence-electron chi connectivity index (χ3n) is 4.10. The lowest BCUT2D eigenvalue weighted by Gasteiger charge is -2.21. The summed E-state index contributed by atoms with van der Waals surface area (Å²) in [6.45, 7) is 8.40. The fourth-order valence-corrected chi connectivity index (χ4v) is 2.16. The van der Waals surface area contributed by atoms with Crippen molar-refractivity contribution in [3.63, 3.8) is 0 Å². The van der Waals surface area contributed by atoms with E-state index in [0.29, 0.717) is 12.0 Å². The number of hydrogen-bond donors (Lipinski definition) is 3. The molecule has 2 rings (SSSR count). The molecule has 0 saturated heterocycles. The molecule has 1 saturated carbocycles. The van der Waals surface area contributed by atoms with Gasteiger partial charge in [-0.3, -0.25) is 0 Å². The van der Waals surface area contributed by atoms with Crippen molar-refractivity contribution in [2.45, 2.75) is 52.0 Å². The predicted molar refractivity (Wildman–Crippen MR) is 87.4 cm³/mol. The van der Waals surface area contributed by atoms with E-state index in [2.05, 4.69) is 46.5 Å². The number of aromatic nitrogens is 2. The molecular weight excluding hydrogens is 264 g/mol. The molecule has 6 heteroatoms. The number of hydrogen-bond acceptors (Lipinski definition) is 6. The van der Waals surface area contributed by atoms with Gasteiger partial charge in [-0.25, -0.2) is 15.8 Å². The van der Waals surface area contributed by atoms with Gasteiger partial charge in [0, 0.05) is 24.1 Å². The van der Waals surface area contributed by atoms with Crippen LogP contribution in [0.25, 0.3) is 0 Å². The Hall–Kier alpha value is -1.40. The Morgan fingerprint density at radius 1 is 1.29 bits per heavy atom. The molecule has 1 aromatic rings. The average molecular weight is 292 g/mol. The van der Waals surface area contributed by atoms with E-state index < -0.39 is 0 Å². The molecule has 1 heterocycles. The fourth-order valence-electron chi connectivity index (χ4n) is 2.16. The van der Waals surface area contributed by atoms with Crippen LogP contribution in [0.5, 0.6) is 0 Å². The predicted octanol–water partition coefficient (Wildman–Crippen LogP) is 2.09. The zero-order valence-electron chi connectivity index (χ0n) is 13.6. The lowest BCUT2D eigenvalue weighted by atomic mass is 10.2. The van der Waals surface area contributed by atoms with Crippen LogP contribution in [0, 0.1) is 6.92 Å². The second-order valence-electron chi connectivity index (χ2n) is 6.18. The molecule has 0 radical (unpaired) electrons. The lowest BCUT2D eigenvalue weighted by Crippen LogP contribution is -2.28. The van der Waals surface area contributed by atoms with Crippen LogP contribution >= 0.6 is 0 Å². The normalized spacial score (nSPS) is 14.8. The number of hydrazine groups is 1. The fraction of sp³-hybridized carbons (Fsp3) is 0.733. The van der Waals surface area contributed by atoms with Crippen molar-refractivity contribution >= 4 is 11.6 Å². The van der Waals surface area contributed by atoms with Crippen molar-refractivity contribution in [2.75, 3.05) is 30.9 Å². The van der Waals surface area contributed by atoms with Crippen LogP contribution in [0.4, 0.5) is 11.6 Å². The van der Waals surface area contributed by atoms with E-state index in [1.807, 2.05) is 6.92 Å². The van der Waals surface area contributed by atoms with Crippen LogP contribution in [-0.2, 0) is 0 Å². The number of nitrogens with two attached hydrogens (primary N) is 1. The largest absolute Gasteiger partial charge is 0.370 e. The molecule has 1 aromatic heterocycles. The van der Waals surface area contributed by atoms with Crippen molar-refractivity contribution in [1.29, 1.82) is 0 Å². The van der Waals surface area contributed by atoms with Gasteiger partial charge in [-0.05, 0) is 53.6 Å². The minimum absolute atomic E-state index is 0.519. The average Bonchev–Trinajstić information content (AvgIpc) is 3.29. The second kappa shape index (κ2) is 7.04. The van der Waals surface area contributed by atoms with Gasteiger partial charge < -0.3 is 15.6 Å². The van der Waals surface area contributed by atoms with Crippen LogP contribution < -0.4 is 16.6 Å². The summed E-state index contributed by atoms with van der Waals surface area (Å²) in [7, 11) is 2.16. The molecule has 0 bridgehead atoms. The van der Waals surface area contributed by atoms with Crippen molar-refractivity contribution in [2.24, 2.45) is 5.84 Å². The van der Waals surface area contributed by atoms with Gasteiger partial charge in [0.2, 0.25) is 0 Å². The molecule has 1 fully saturated rings. The Morgan fingerprint density at radius 3 is 2.52 bits per heavy atom. The van der Waals surface area contributed by atoms with Crippen LogP contribution in [0.3, 0.4) is 0 Å². The van der Waals surface area contributed by atoms with E-state index in [1.54, 1.807) is 0 Å². The van der Waals surface area contributed by atoms with Gasteiger partial charge >= 0.3 is 0 Å². The van der Waals surface area contributed by atoms with Gasteiger partial charge in [0.15, 0.2) is 0 Å². The zero-order chi connectivity index (χ0) is 15.4. The summed E-state index contributed by atoms with van der Waals surface area (Å²) in [5.41, 5.74) is 3.67. The molecule has 0 atom stereocenters. The van der Waals surface area contributed by atoms with Crippen LogP contribution in [0.2, 0.25) is 0 Å². The first kappa shape index (κ1) is 16.0. The maximum atomic E-state index is 5.56. The summed E-state index contributed by atoms with van der Waals surface area (Å²) in [4.78, 5) is 11.5. The summed E-state index contributed by atoms with van der Waals surface area (Å²) in [6.07, 6.45) is 3.46. The van der Waals surface area contributed by atoms with E-state index >= 15 is 0 Å². The summed E-state index contributed by atoms with van der Waals surface area (Å²) in [6, 6.07) is 0.584. The third-order valence-corrected chi connectivity index (χ3v) is 4.10. The Labute approximate surface area is 127 Å². The van der Waals surface area contributed by atoms with E-state index in [9.17, 15) is 0 Å². The van der Waals surface area contributed by atoms with E-state index in [-0.39, 0.29) is 0 Å². The minimum Gasteiger partial charge on any atom is -0.370 e. The first-order valence-electron chi connectivity index (χ1n) is 7.82. The highest BCUT2D eigenvalue weighted by Gasteiger charge is 2.28. The third kappa shape index (κ3) is 4.28. The molecule has 0 aliphatic heterocycles. The van der Waals surface area contributed by atoms with Gasteiger partial charge in [0.25, 0.3) is 0 Å². The maximum absolute atomic E-state index is 5.56. The second-order valence-corrected chi connectivity index (χ2v) is 6.18. The van der Waals surface area contributed by atoms with Gasteiger partial charge in [0.1, 0.15) is 17.5 Å². The smallest absolute Gasteiger partial charge is 0.148 e. The molecule has 118 valence electrons.